The summed E-state index contributed by atoms with van der Waals surface area (Å²) in [6, 6.07) is 0. The molecular weight excluding hydrogens is 184 g/mol. The summed E-state index contributed by atoms with van der Waals surface area (Å²) in [7, 11) is -0.611. The van der Waals surface area contributed by atoms with Crippen LogP contribution in [0.5, 0.6) is 0 Å². The molecule has 0 aliphatic carbocycles. The zero-order valence-corrected chi connectivity index (χ0v) is 13.5. The molecule has 0 rings (SSSR count). The molecule has 0 saturated carbocycles. The van der Waals surface area contributed by atoms with Crippen LogP contribution >= 0.6 is 0 Å². The van der Waals surface area contributed by atoms with Crippen molar-refractivity contribution in [2.75, 3.05) is 0 Å². The second-order valence-electron chi connectivity index (χ2n) is 3.00. The predicted molar refractivity (Wildman–Crippen MR) is 81.3 cm³/mol. The van der Waals surface area contributed by atoms with E-state index >= 15 is 0 Å². The standard InChI is InChI=1S/C4H12Si.4C2H6.CH4/c1-5(2,3)4;4*1-2;/h1-4H3;4*1-2H3;1H4. The van der Waals surface area contributed by atoms with Crippen LogP contribution < -0.4 is 0 Å². The Morgan fingerprint density at radius 2 is 0.429 bits per heavy atom. The molecule has 0 heterocycles. The summed E-state index contributed by atoms with van der Waals surface area (Å²) in [5.41, 5.74) is 0. The zero-order chi connectivity index (χ0) is 12.5. The van der Waals surface area contributed by atoms with Crippen LogP contribution in [0.15, 0.2) is 0 Å². The summed E-state index contributed by atoms with van der Waals surface area (Å²) in [5, 5.41) is 0. The van der Waals surface area contributed by atoms with E-state index in [4.69, 9.17) is 0 Å². The van der Waals surface area contributed by atoms with Gasteiger partial charge in [-0.15, -0.1) is 0 Å². The van der Waals surface area contributed by atoms with Crippen LogP contribution in [-0.4, -0.2) is 8.07 Å². The first-order valence-corrected chi connectivity index (χ1v) is 10.0. The SMILES string of the molecule is C.CC.CC.CC.CC.C[Si](C)(C)C. The maximum absolute atomic E-state index is 2.33. The Bertz CT molecular complexity index is 20.7. The van der Waals surface area contributed by atoms with Crippen LogP contribution in [0.25, 0.3) is 0 Å². The highest BCUT2D eigenvalue weighted by atomic mass is 28.3. The van der Waals surface area contributed by atoms with Crippen molar-refractivity contribution in [3.63, 3.8) is 0 Å². The fraction of sp³-hybridized carbons (Fsp3) is 1.00. The molecule has 14 heavy (non-hydrogen) atoms. The molecule has 0 N–H and O–H groups in total. The number of rotatable bonds is 0. The van der Waals surface area contributed by atoms with Gasteiger partial charge in [-0.25, -0.2) is 0 Å². The van der Waals surface area contributed by atoms with Crippen LogP contribution in [0.3, 0.4) is 0 Å². The molecule has 0 fully saturated rings. The van der Waals surface area contributed by atoms with Gasteiger partial charge in [-0.05, 0) is 0 Å². The van der Waals surface area contributed by atoms with E-state index in [1.54, 1.807) is 0 Å². The minimum absolute atomic E-state index is 0. The van der Waals surface area contributed by atoms with Crippen molar-refractivity contribution in [2.45, 2.75) is 89.0 Å². The third kappa shape index (κ3) is 32700. The van der Waals surface area contributed by atoms with E-state index in [1.165, 1.54) is 0 Å². The molecule has 0 saturated heterocycles. The molecule has 1 heteroatoms. The van der Waals surface area contributed by atoms with Gasteiger partial charge in [0.05, 0.1) is 0 Å². The van der Waals surface area contributed by atoms with Gasteiger partial charge in [0.2, 0.25) is 0 Å². The third-order valence-corrected chi connectivity index (χ3v) is 0. The first-order chi connectivity index (χ1) is 6.00. The largest absolute Gasteiger partial charge is 0.0776 e. The fourth-order valence-corrected chi connectivity index (χ4v) is 0. The fourth-order valence-electron chi connectivity index (χ4n) is 0. The van der Waals surface area contributed by atoms with E-state index in [0.717, 1.165) is 0 Å². The topological polar surface area (TPSA) is 0 Å². The molecule has 0 aromatic carbocycles. The van der Waals surface area contributed by atoms with Crippen LogP contribution in [-0.2, 0) is 0 Å². The molecule has 0 nitrogen and oxygen atoms in total. The Labute approximate surface area is 97.5 Å². The molecule has 0 bridgehead atoms. The normalized spacial score (nSPS) is 6.00. The van der Waals surface area contributed by atoms with Gasteiger partial charge in [-0.3, -0.25) is 0 Å². The molecule has 96 valence electrons. The Morgan fingerprint density at radius 1 is 0.429 bits per heavy atom. The summed E-state index contributed by atoms with van der Waals surface area (Å²) in [5.74, 6) is 0. The number of hydrogen-bond acceptors (Lipinski definition) is 0. The minimum Gasteiger partial charge on any atom is -0.0776 e. The average Bonchev–Trinajstić information content (AvgIpc) is 2.14. The Kier molecular flexibility index (Phi) is 134. The Balaban J connectivity index is -0.0000000156. The van der Waals surface area contributed by atoms with Crippen molar-refractivity contribution in [3.8, 4) is 0 Å². The lowest BCUT2D eigenvalue weighted by molar-refractivity contribution is 1.50. The molecule has 0 unspecified atom stereocenters. The Hall–Kier alpha value is 0.217. The lowest BCUT2D eigenvalue weighted by atomic mass is 11.0. The van der Waals surface area contributed by atoms with E-state index in [-0.39, 0.29) is 7.43 Å². The highest BCUT2D eigenvalue weighted by Crippen LogP contribution is 1.94. The van der Waals surface area contributed by atoms with Gasteiger partial charge in [0.15, 0.2) is 0 Å². The maximum Gasteiger partial charge on any atom is 0.0411 e. The third-order valence-electron chi connectivity index (χ3n) is 0. The van der Waals surface area contributed by atoms with Crippen molar-refractivity contribution < 1.29 is 0 Å². The van der Waals surface area contributed by atoms with E-state index in [0.29, 0.717) is 0 Å². The van der Waals surface area contributed by atoms with Gasteiger partial charge in [0.1, 0.15) is 0 Å². The zero-order valence-electron chi connectivity index (χ0n) is 12.5. The molecule has 0 amide bonds. The van der Waals surface area contributed by atoms with Crippen molar-refractivity contribution in [3.05, 3.63) is 0 Å². The maximum atomic E-state index is 2.33. The van der Waals surface area contributed by atoms with Crippen molar-refractivity contribution >= 4 is 8.07 Å². The monoisotopic (exact) mass is 224 g/mol. The van der Waals surface area contributed by atoms with Crippen LogP contribution in [0.2, 0.25) is 26.2 Å². The molecule has 0 aliphatic heterocycles. The van der Waals surface area contributed by atoms with Gasteiger partial charge in [-0.1, -0.05) is 89.0 Å². The van der Waals surface area contributed by atoms with Gasteiger partial charge < -0.3 is 0 Å². The van der Waals surface area contributed by atoms with Crippen molar-refractivity contribution in [1.29, 1.82) is 0 Å². The summed E-state index contributed by atoms with van der Waals surface area (Å²) >= 11 is 0. The minimum atomic E-state index is -0.611. The highest BCUT2D eigenvalue weighted by molar-refractivity contribution is 6.74. The average molecular weight is 225 g/mol. The summed E-state index contributed by atoms with van der Waals surface area (Å²) in [6.07, 6.45) is 0. The molecular formula is C13H40Si. The molecule has 0 radical (unpaired) electrons. The molecule has 0 aromatic heterocycles. The van der Waals surface area contributed by atoms with Crippen LogP contribution in [0.1, 0.15) is 62.8 Å². The lowest BCUT2D eigenvalue weighted by Crippen LogP contribution is -2.10. The van der Waals surface area contributed by atoms with E-state index in [1.807, 2.05) is 55.4 Å². The van der Waals surface area contributed by atoms with Crippen molar-refractivity contribution in [1.82, 2.24) is 0 Å². The molecule has 0 atom stereocenters. The molecule has 0 spiro atoms. The summed E-state index contributed by atoms with van der Waals surface area (Å²) < 4.78 is 0. The smallest absolute Gasteiger partial charge is 0.0411 e. The first kappa shape index (κ1) is 36.8. The lowest BCUT2D eigenvalue weighted by Gasteiger charge is -2.01. The number of hydrogen-bond donors (Lipinski definition) is 0. The Morgan fingerprint density at radius 3 is 0.429 bits per heavy atom. The van der Waals surface area contributed by atoms with Crippen molar-refractivity contribution in [2.24, 2.45) is 0 Å². The summed E-state index contributed by atoms with van der Waals surface area (Å²) in [4.78, 5) is 0. The van der Waals surface area contributed by atoms with E-state index in [2.05, 4.69) is 26.2 Å². The highest BCUT2D eigenvalue weighted by Gasteiger charge is 1.99. The predicted octanol–water partition coefficient (Wildman–Crippen LogP) is 6.70. The van der Waals surface area contributed by atoms with Gasteiger partial charge in [0.25, 0.3) is 0 Å². The molecule has 0 aromatic rings. The second kappa shape index (κ2) is 51.0. The first-order valence-electron chi connectivity index (χ1n) is 6.00. The summed E-state index contributed by atoms with van der Waals surface area (Å²) in [6.45, 7) is 25.3. The van der Waals surface area contributed by atoms with E-state index < -0.39 is 8.07 Å². The van der Waals surface area contributed by atoms with Gasteiger partial charge in [0, 0.05) is 8.07 Å². The van der Waals surface area contributed by atoms with Crippen LogP contribution in [0, 0.1) is 0 Å². The molecule has 0 aliphatic rings. The second-order valence-corrected chi connectivity index (χ2v) is 9.00. The van der Waals surface area contributed by atoms with E-state index in [9.17, 15) is 0 Å². The van der Waals surface area contributed by atoms with Crippen LogP contribution in [0.4, 0.5) is 0 Å². The van der Waals surface area contributed by atoms with Gasteiger partial charge >= 0.3 is 0 Å². The van der Waals surface area contributed by atoms with Gasteiger partial charge in [-0.2, -0.15) is 0 Å². The quantitative estimate of drug-likeness (QED) is 0.402.